The maximum atomic E-state index is 13.5. The Morgan fingerprint density at radius 1 is 1.40 bits per heavy atom. The molecule has 1 unspecified atom stereocenters. The largest absolute Gasteiger partial charge is 0.409 e. The molecule has 0 heterocycles. The summed E-state index contributed by atoms with van der Waals surface area (Å²) in [4.78, 5) is 13.0. The Kier molecular flexibility index (Phi) is 4.95. The summed E-state index contributed by atoms with van der Waals surface area (Å²) in [6.07, 6.45) is 0. The summed E-state index contributed by atoms with van der Waals surface area (Å²) in [5, 5.41) is 11.3. The molecule has 1 atom stereocenters. The molecule has 1 rings (SSSR count). The van der Waals surface area contributed by atoms with Gasteiger partial charge < -0.3 is 15.8 Å². The van der Waals surface area contributed by atoms with Crippen LogP contribution in [-0.2, 0) is 0 Å². The molecule has 1 aromatic carbocycles. The second-order valence-corrected chi connectivity index (χ2v) is 4.33. The number of rotatable bonds is 4. The van der Waals surface area contributed by atoms with Crippen LogP contribution in [0, 0.1) is 23.4 Å². The topological polar surface area (TPSA) is 78.9 Å². The van der Waals surface area contributed by atoms with E-state index in [0.29, 0.717) is 6.07 Å². The molecule has 20 heavy (non-hydrogen) atoms. The fourth-order valence-corrected chi connectivity index (χ4v) is 1.58. The molecule has 0 aliphatic heterocycles. The molecule has 1 aromatic rings. The van der Waals surface area contributed by atoms with E-state index in [2.05, 4.69) is 5.16 Å². The second-order valence-electron chi connectivity index (χ2n) is 4.33. The van der Waals surface area contributed by atoms with Gasteiger partial charge in [0.2, 0.25) is 0 Å². The highest BCUT2D eigenvalue weighted by Crippen LogP contribution is 2.17. The number of carbonyl (C=O) groups is 1. The lowest BCUT2D eigenvalue weighted by Crippen LogP contribution is -2.36. The first-order valence-electron chi connectivity index (χ1n) is 5.66. The van der Waals surface area contributed by atoms with Gasteiger partial charge in [-0.15, -0.1) is 0 Å². The lowest BCUT2D eigenvalue weighted by Gasteiger charge is -2.21. The Morgan fingerprint density at radius 2 is 2.00 bits per heavy atom. The van der Waals surface area contributed by atoms with Crippen LogP contribution in [0.1, 0.15) is 17.3 Å². The quantitative estimate of drug-likeness (QED) is 0.290. The van der Waals surface area contributed by atoms with Gasteiger partial charge in [-0.2, -0.15) is 0 Å². The Labute approximate surface area is 113 Å². The minimum absolute atomic E-state index is 0.0210. The van der Waals surface area contributed by atoms with Gasteiger partial charge >= 0.3 is 0 Å². The average Bonchev–Trinajstić information content (AvgIpc) is 2.43. The maximum Gasteiger partial charge on any atom is 0.256 e. The van der Waals surface area contributed by atoms with Crippen molar-refractivity contribution >= 4 is 11.7 Å². The predicted octanol–water partition coefficient (Wildman–Crippen LogP) is 1.56. The average molecular weight is 289 g/mol. The first-order chi connectivity index (χ1) is 9.29. The summed E-state index contributed by atoms with van der Waals surface area (Å²) in [5.41, 5.74) is 4.77. The molecule has 5 nitrogen and oxygen atoms in total. The highest BCUT2D eigenvalue weighted by Gasteiger charge is 2.23. The van der Waals surface area contributed by atoms with Gasteiger partial charge in [-0.3, -0.25) is 4.79 Å². The molecular weight excluding hydrogens is 275 g/mol. The van der Waals surface area contributed by atoms with E-state index in [0.717, 1.165) is 11.0 Å². The zero-order valence-electron chi connectivity index (χ0n) is 10.9. The van der Waals surface area contributed by atoms with Crippen molar-refractivity contribution in [2.24, 2.45) is 16.8 Å². The van der Waals surface area contributed by atoms with Gasteiger partial charge in [0, 0.05) is 19.5 Å². The van der Waals surface area contributed by atoms with E-state index in [1.807, 2.05) is 0 Å². The van der Waals surface area contributed by atoms with Crippen LogP contribution in [0.5, 0.6) is 0 Å². The first kappa shape index (κ1) is 15.8. The number of halogens is 3. The van der Waals surface area contributed by atoms with E-state index in [9.17, 15) is 18.0 Å². The zero-order chi connectivity index (χ0) is 15.4. The molecule has 3 N–H and O–H groups in total. The highest BCUT2D eigenvalue weighted by atomic mass is 19.2. The van der Waals surface area contributed by atoms with Crippen LogP contribution < -0.4 is 5.73 Å². The van der Waals surface area contributed by atoms with Crippen molar-refractivity contribution in [3.05, 3.63) is 35.1 Å². The zero-order valence-corrected chi connectivity index (χ0v) is 10.9. The third kappa shape index (κ3) is 3.19. The summed E-state index contributed by atoms with van der Waals surface area (Å²) in [6, 6.07) is 1.53. The lowest BCUT2D eigenvalue weighted by atomic mass is 10.1. The van der Waals surface area contributed by atoms with Gasteiger partial charge in [0.1, 0.15) is 5.84 Å². The molecule has 0 saturated heterocycles. The maximum absolute atomic E-state index is 13.5. The molecule has 0 aliphatic rings. The molecule has 110 valence electrons. The van der Waals surface area contributed by atoms with E-state index >= 15 is 0 Å². The van der Waals surface area contributed by atoms with Crippen molar-refractivity contribution < 1.29 is 23.2 Å². The van der Waals surface area contributed by atoms with E-state index in [4.69, 9.17) is 10.9 Å². The van der Waals surface area contributed by atoms with E-state index < -0.39 is 34.8 Å². The van der Waals surface area contributed by atoms with E-state index in [1.165, 1.54) is 7.05 Å². The smallest absolute Gasteiger partial charge is 0.256 e. The predicted molar refractivity (Wildman–Crippen MR) is 65.8 cm³/mol. The lowest BCUT2D eigenvalue weighted by molar-refractivity contribution is 0.0780. The Morgan fingerprint density at radius 3 is 2.55 bits per heavy atom. The normalized spacial score (nSPS) is 13.2. The Bertz CT molecular complexity index is 549. The third-order valence-electron chi connectivity index (χ3n) is 2.78. The highest BCUT2D eigenvalue weighted by molar-refractivity contribution is 5.94. The molecule has 0 bridgehead atoms. The summed E-state index contributed by atoms with van der Waals surface area (Å²) < 4.78 is 39.3. The minimum atomic E-state index is -1.70. The molecule has 0 spiro atoms. The van der Waals surface area contributed by atoms with Crippen LogP contribution in [0.15, 0.2) is 17.3 Å². The standard InChI is InChI=1S/C12H14F3N3O2/c1-6(11(16)17-20)5-18(2)12(19)7-3-4-8(13)10(15)9(7)14/h3-4,6,20H,5H2,1-2H3,(H2,16,17). The number of hydrogen-bond donors (Lipinski definition) is 2. The number of oxime groups is 1. The second kappa shape index (κ2) is 6.27. The van der Waals surface area contributed by atoms with Crippen molar-refractivity contribution in [1.29, 1.82) is 0 Å². The van der Waals surface area contributed by atoms with Crippen LogP contribution in [0.25, 0.3) is 0 Å². The summed E-state index contributed by atoms with van der Waals surface area (Å²) in [7, 11) is 1.34. The van der Waals surface area contributed by atoms with Gasteiger partial charge in [-0.05, 0) is 12.1 Å². The van der Waals surface area contributed by atoms with Gasteiger partial charge in [0.05, 0.1) is 5.56 Å². The molecule has 8 heteroatoms. The van der Waals surface area contributed by atoms with E-state index in [-0.39, 0.29) is 12.4 Å². The van der Waals surface area contributed by atoms with Crippen LogP contribution in [0.4, 0.5) is 13.2 Å². The number of benzene rings is 1. The van der Waals surface area contributed by atoms with Crippen LogP contribution >= 0.6 is 0 Å². The van der Waals surface area contributed by atoms with Crippen LogP contribution in [-0.4, -0.2) is 35.4 Å². The van der Waals surface area contributed by atoms with Crippen molar-refractivity contribution in [3.8, 4) is 0 Å². The van der Waals surface area contributed by atoms with E-state index in [1.54, 1.807) is 6.92 Å². The Balaban J connectivity index is 2.93. The number of nitrogens with zero attached hydrogens (tertiary/aromatic N) is 2. The molecule has 0 radical (unpaired) electrons. The number of hydrogen-bond acceptors (Lipinski definition) is 3. The number of nitrogens with two attached hydrogens (primary N) is 1. The van der Waals surface area contributed by atoms with Gasteiger partial charge in [-0.25, -0.2) is 13.2 Å². The number of amidine groups is 1. The third-order valence-corrected chi connectivity index (χ3v) is 2.78. The van der Waals surface area contributed by atoms with Gasteiger partial charge in [-0.1, -0.05) is 12.1 Å². The minimum Gasteiger partial charge on any atom is -0.409 e. The summed E-state index contributed by atoms with van der Waals surface area (Å²) in [5.74, 6) is -6.03. The van der Waals surface area contributed by atoms with Crippen LogP contribution in [0.3, 0.4) is 0 Å². The molecule has 0 aromatic heterocycles. The molecule has 0 saturated carbocycles. The molecule has 0 fully saturated rings. The molecule has 1 amide bonds. The van der Waals surface area contributed by atoms with Gasteiger partial charge in [0.25, 0.3) is 5.91 Å². The number of carbonyl (C=O) groups excluding carboxylic acids is 1. The first-order valence-corrected chi connectivity index (χ1v) is 5.66. The van der Waals surface area contributed by atoms with Crippen molar-refractivity contribution in [2.75, 3.05) is 13.6 Å². The summed E-state index contributed by atoms with van der Waals surface area (Å²) in [6.45, 7) is 1.60. The summed E-state index contributed by atoms with van der Waals surface area (Å²) >= 11 is 0. The van der Waals surface area contributed by atoms with Gasteiger partial charge in [0.15, 0.2) is 17.5 Å². The fourth-order valence-electron chi connectivity index (χ4n) is 1.58. The molecule has 0 aliphatic carbocycles. The monoisotopic (exact) mass is 289 g/mol. The van der Waals surface area contributed by atoms with Crippen molar-refractivity contribution in [3.63, 3.8) is 0 Å². The fraction of sp³-hybridized carbons (Fsp3) is 0.333. The number of amides is 1. The molecular formula is C12H14F3N3O2. The Hall–Kier alpha value is -2.25. The van der Waals surface area contributed by atoms with Crippen LogP contribution in [0.2, 0.25) is 0 Å². The van der Waals surface area contributed by atoms with Crippen molar-refractivity contribution in [2.45, 2.75) is 6.92 Å². The van der Waals surface area contributed by atoms with Crippen molar-refractivity contribution in [1.82, 2.24) is 4.90 Å². The SMILES string of the molecule is CC(CN(C)C(=O)c1ccc(F)c(F)c1F)C(N)=NO.